The average molecular weight is 716 g/mol. The van der Waals surface area contributed by atoms with Crippen LogP contribution in [0.2, 0.25) is 5.02 Å². The summed E-state index contributed by atoms with van der Waals surface area (Å²) in [7, 11) is 0. The molecule has 0 unspecified atom stereocenters. The Balaban J connectivity index is 1.22. The van der Waals surface area contributed by atoms with Crippen molar-refractivity contribution in [1.29, 1.82) is 0 Å². The van der Waals surface area contributed by atoms with Crippen LogP contribution in [-0.2, 0) is 42.6 Å². The Bertz CT molecular complexity index is 1100. The van der Waals surface area contributed by atoms with Crippen LogP contribution in [0.25, 0.3) is 0 Å². The smallest absolute Gasteiger partial charge is 0.338 e. The van der Waals surface area contributed by atoms with Crippen molar-refractivity contribution in [2.24, 2.45) is 0 Å². The van der Waals surface area contributed by atoms with Gasteiger partial charge in [0.15, 0.2) is 0 Å². The summed E-state index contributed by atoms with van der Waals surface area (Å²) in [4.78, 5) is 12.1. The molecule has 0 aliphatic rings. The lowest BCUT2D eigenvalue weighted by molar-refractivity contribution is -0.0241. The molecule has 0 radical (unpaired) electrons. The molecule has 0 atom stereocenters. The van der Waals surface area contributed by atoms with E-state index in [1.54, 1.807) is 42.5 Å². The zero-order valence-electron chi connectivity index (χ0n) is 29.1. The monoisotopic (exact) mass is 715 g/mol. The standard InChI is InChI=1S/C35H54ClNO12/c1-35(2,3)49-34(38)29-4-6-32(7-5-29)47-24-22-45-20-18-43-16-14-41-12-10-39-8-9-40-11-13-42-15-17-44-19-21-46-23-25-48-33-27-30(36)26-31(37)28-33/h4-7,26-28H,8-25,37H2,1-3H3. The number of nitrogens with two attached hydrogens (primary N) is 1. The number of anilines is 1. The second-order valence-corrected chi connectivity index (χ2v) is 11.8. The fourth-order valence-electron chi connectivity index (χ4n) is 3.77. The van der Waals surface area contributed by atoms with Crippen molar-refractivity contribution in [1.82, 2.24) is 0 Å². The maximum atomic E-state index is 12.1. The summed E-state index contributed by atoms with van der Waals surface area (Å²) < 4.78 is 60.4. The number of rotatable bonds is 30. The van der Waals surface area contributed by atoms with Gasteiger partial charge in [0.1, 0.15) is 30.3 Å². The Hall–Kier alpha value is -2.72. The molecule has 0 saturated carbocycles. The fraction of sp³-hybridized carbons (Fsp3) is 0.629. The minimum Gasteiger partial charge on any atom is -0.491 e. The summed E-state index contributed by atoms with van der Waals surface area (Å²) in [5.74, 6) is 0.913. The number of hydrogen-bond acceptors (Lipinski definition) is 13. The molecule has 49 heavy (non-hydrogen) atoms. The van der Waals surface area contributed by atoms with Gasteiger partial charge in [-0.2, -0.15) is 0 Å². The van der Waals surface area contributed by atoms with Crippen LogP contribution in [0.4, 0.5) is 5.69 Å². The van der Waals surface area contributed by atoms with E-state index in [-0.39, 0.29) is 5.97 Å². The minimum atomic E-state index is -0.532. The number of nitrogen functional groups attached to an aromatic ring is 1. The highest BCUT2D eigenvalue weighted by atomic mass is 35.5. The number of hydrogen-bond donors (Lipinski definition) is 1. The van der Waals surface area contributed by atoms with Crippen molar-refractivity contribution >= 4 is 23.3 Å². The quantitative estimate of drug-likeness (QED) is 0.0691. The SMILES string of the molecule is CC(C)(C)OC(=O)c1ccc(OCCOCCOCCOCCOCCOCCOCCOCCOCCOc2cc(N)cc(Cl)c2)cc1. The first-order valence-corrected chi connectivity index (χ1v) is 16.9. The summed E-state index contributed by atoms with van der Waals surface area (Å²) in [5, 5.41) is 0.534. The maximum Gasteiger partial charge on any atom is 0.338 e. The molecule has 0 aliphatic heterocycles. The number of benzene rings is 2. The first kappa shape index (κ1) is 42.4. The van der Waals surface area contributed by atoms with Crippen molar-refractivity contribution in [2.75, 3.05) is 125 Å². The van der Waals surface area contributed by atoms with Gasteiger partial charge in [0, 0.05) is 16.8 Å². The molecule has 0 heterocycles. The van der Waals surface area contributed by atoms with Gasteiger partial charge < -0.3 is 57.8 Å². The number of carbonyl (C=O) groups is 1. The molecule has 278 valence electrons. The molecule has 0 amide bonds. The van der Waals surface area contributed by atoms with Gasteiger partial charge in [-0.1, -0.05) is 11.6 Å². The Morgan fingerprint density at radius 3 is 1.22 bits per heavy atom. The van der Waals surface area contributed by atoms with Gasteiger partial charge in [-0.3, -0.25) is 0 Å². The van der Waals surface area contributed by atoms with E-state index < -0.39 is 5.60 Å². The average Bonchev–Trinajstić information content (AvgIpc) is 3.05. The van der Waals surface area contributed by atoms with Crippen LogP contribution in [0.5, 0.6) is 11.5 Å². The molecule has 0 saturated heterocycles. The topological polar surface area (TPSA) is 145 Å². The third-order valence-corrected chi connectivity index (χ3v) is 6.20. The van der Waals surface area contributed by atoms with E-state index in [0.29, 0.717) is 147 Å². The molecule has 0 spiro atoms. The molecule has 2 rings (SSSR count). The van der Waals surface area contributed by atoms with Crippen molar-refractivity contribution in [3.63, 3.8) is 0 Å². The second-order valence-electron chi connectivity index (χ2n) is 11.3. The molecule has 2 aromatic carbocycles. The second kappa shape index (κ2) is 27.1. The van der Waals surface area contributed by atoms with Crippen molar-refractivity contribution < 1.29 is 56.9 Å². The van der Waals surface area contributed by atoms with Gasteiger partial charge in [0.25, 0.3) is 0 Å². The summed E-state index contributed by atoms with van der Waals surface area (Å²) in [5.41, 5.74) is 6.23. The lowest BCUT2D eigenvalue weighted by atomic mass is 10.1. The van der Waals surface area contributed by atoms with Gasteiger partial charge in [-0.05, 0) is 57.2 Å². The first-order chi connectivity index (χ1) is 23.7. The van der Waals surface area contributed by atoms with E-state index in [2.05, 4.69) is 0 Å². The fourth-order valence-corrected chi connectivity index (χ4v) is 4.00. The molecule has 14 heteroatoms. The van der Waals surface area contributed by atoms with Gasteiger partial charge in [-0.15, -0.1) is 0 Å². The largest absolute Gasteiger partial charge is 0.491 e. The zero-order chi connectivity index (χ0) is 35.4. The molecular weight excluding hydrogens is 662 g/mol. The normalized spacial score (nSPS) is 11.5. The van der Waals surface area contributed by atoms with Crippen LogP contribution < -0.4 is 15.2 Å². The van der Waals surface area contributed by atoms with Gasteiger partial charge in [-0.25, -0.2) is 4.79 Å². The summed E-state index contributed by atoms with van der Waals surface area (Å²) >= 11 is 5.94. The summed E-state index contributed by atoms with van der Waals surface area (Å²) in [6.45, 7) is 13.9. The maximum absolute atomic E-state index is 12.1. The molecule has 0 aliphatic carbocycles. The highest BCUT2D eigenvalue weighted by molar-refractivity contribution is 6.31. The number of carbonyl (C=O) groups excluding carboxylic acids is 1. The number of ether oxygens (including phenoxy) is 11. The Kier molecular flexibility index (Phi) is 23.4. The van der Waals surface area contributed by atoms with Crippen LogP contribution in [0, 0.1) is 0 Å². The number of halogens is 1. The van der Waals surface area contributed by atoms with Crippen LogP contribution >= 0.6 is 11.6 Å². The molecule has 0 aromatic heterocycles. The lowest BCUT2D eigenvalue weighted by Gasteiger charge is -2.19. The predicted octanol–water partition coefficient (Wildman–Crippen LogP) is 4.47. The van der Waals surface area contributed by atoms with Crippen LogP contribution in [0.1, 0.15) is 31.1 Å². The highest BCUT2D eigenvalue weighted by Gasteiger charge is 2.17. The molecule has 2 N–H and O–H groups in total. The summed E-state index contributed by atoms with van der Waals surface area (Å²) in [6, 6.07) is 11.9. The molecule has 13 nitrogen and oxygen atoms in total. The molecule has 0 fully saturated rings. The van der Waals surface area contributed by atoms with Gasteiger partial charge in [0.2, 0.25) is 0 Å². The minimum absolute atomic E-state index is 0.360. The molecular formula is C35H54ClNO12. The highest BCUT2D eigenvalue weighted by Crippen LogP contribution is 2.22. The Labute approximate surface area is 295 Å². The van der Waals surface area contributed by atoms with Gasteiger partial charge in [0.05, 0.1) is 111 Å². The van der Waals surface area contributed by atoms with Crippen LogP contribution in [-0.4, -0.2) is 130 Å². The van der Waals surface area contributed by atoms with Crippen molar-refractivity contribution in [2.45, 2.75) is 26.4 Å². The van der Waals surface area contributed by atoms with Crippen molar-refractivity contribution in [3.8, 4) is 11.5 Å². The van der Waals surface area contributed by atoms with Crippen molar-refractivity contribution in [3.05, 3.63) is 53.1 Å². The van der Waals surface area contributed by atoms with E-state index >= 15 is 0 Å². The lowest BCUT2D eigenvalue weighted by Crippen LogP contribution is -2.23. The Morgan fingerprint density at radius 1 is 0.531 bits per heavy atom. The van der Waals surface area contributed by atoms with E-state index in [1.807, 2.05) is 20.8 Å². The Morgan fingerprint density at radius 2 is 0.878 bits per heavy atom. The van der Waals surface area contributed by atoms with Crippen LogP contribution in [0.15, 0.2) is 42.5 Å². The van der Waals surface area contributed by atoms with E-state index in [4.69, 9.17) is 69.4 Å². The van der Waals surface area contributed by atoms with Crippen LogP contribution in [0.3, 0.4) is 0 Å². The molecule has 0 bridgehead atoms. The third-order valence-electron chi connectivity index (χ3n) is 5.98. The zero-order valence-corrected chi connectivity index (χ0v) is 29.9. The predicted molar refractivity (Wildman–Crippen MR) is 185 cm³/mol. The van der Waals surface area contributed by atoms with E-state index in [9.17, 15) is 4.79 Å². The molecule has 2 aromatic rings. The van der Waals surface area contributed by atoms with E-state index in [0.717, 1.165) is 0 Å². The first-order valence-electron chi connectivity index (χ1n) is 16.5. The summed E-state index contributed by atoms with van der Waals surface area (Å²) in [6.07, 6.45) is 0. The van der Waals surface area contributed by atoms with Gasteiger partial charge >= 0.3 is 5.97 Å². The number of esters is 1. The third kappa shape index (κ3) is 24.1. The van der Waals surface area contributed by atoms with E-state index in [1.165, 1.54) is 0 Å².